The highest BCUT2D eigenvalue weighted by atomic mass is 32.3. The zero-order valence-electron chi connectivity index (χ0n) is 8.87. The minimum absolute atomic E-state index is 0.0259. The van der Waals surface area contributed by atoms with Crippen molar-refractivity contribution in [3.05, 3.63) is 0 Å². The standard InChI is InChI=1S/C7H12N2O4S3/c1-3-4-5-16(12,13)7-9-8-6(14-7)15(2,10)11/h3-5H2,1-2H3. The highest BCUT2D eigenvalue weighted by Gasteiger charge is 2.23. The smallest absolute Gasteiger partial charge is 0.221 e. The van der Waals surface area contributed by atoms with Gasteiger partial charge in [-0.1, -0.05) is 24.7 Å². The number of aromatic nitrogens is 2. The lowest BCUT2D eigenvalue weighted by Crippen LogP contribution is -2.06. The Morgan fingerprint density at radius 2 is 1.69 bits per heavy atom. The molecule has 0 amide bonds. The van der Waals surface area contributed by atoms with E-state index >= 15 is 0 Å². The zero-order chi connectivity index (χ0) is 12.4. The fourth-order valence-electron chi connectivity index (χ4n) is 0.894. The topological polar surface area (TPSA) is 94.1 Å². The molecule has 0 bridgehead atoms. The Labute approximate surface area is 98.6 Å². The predicted octanol–water partition coefficient (Wildman–Crippen LogP) is 0.515. The maximum Gasteiger partial charge on any atom is 0.233 e. The van der Waals surface area contributed by atoms with Crippen LogP contribution in [-0.2, 0) is 19.7 Å². The van der Waals surface area contributed by atoms with Crippen LogP contribution < -0.4 is 0 Å². The van der Waals surface area contributed by atoms with Crippen LogP contribution in [0, 0.1) is 0 Å². The van der Waals surface area contributed by atoms with Gasteiger partial charge in [-0.05, 0) is 6.42 Å². The van der Waals surface area contributed by atoms with Gasteiger partial charge in [0, 0.05) is 6.26 Å². The summed E-state index contributed by atoms with van der Waals surface area (Å²) < 4.78 is 45.0. The molecule has 0 spiro atoms. The SMILES string of the molecule is CCCCS(=O)(=O)c1nnc(S(C)(=O)=O)s1. The lowest BCUT2D eigenvalue weighted by molar-refractivity contribution is 0.589. The third kappa shape index (κ3) is 3.22. The van der Waals surface area contributed by atoms with E-state index < -0.39 is 19.7 Å². The van der Waals surface area contributed by atoms with Gasteiger partial charge in [0.15, 0.2) is 0 Å². The molecule has 92 valence electrons. The van der Waals surface area contributed by atoms with Crippen molar-refractivity contribution in [3.8, 4) is 0 Å². The van der Waals surface area contributed by atoms with Crippen LogP contribution in [0.15, 0.2) is 8.68 Å². The van der Waals surface area contributed by atoms with Gasteiger partial charge in [0.2, 0.25) is 28.4 Å². The Hall–Kier alpha value is -0.540. The second kappa shape index (κ2) is 4.76. The fourth-order valence-corrected chi connectivity index (χ4v) is 4.40. The third-order valence-corrected chi connectivity index (χ3v) is 6.58. The first-order chi connectivity index (χ1) is 7.27. The third-order valence-electron chi connectivity index (χ3n) is 1.74. The van der Waals surface area contributed by atoms with Crippen LogP contribution in [-0.4, -0.2) is 39.0 Å². The Bertz CT molecular complexity index is 558. The molecule has 0 radical (unpaired) electrons. The molecule has 9 heteroatoms. The van der Waals surface area contributed by atoms with Gasteiger partial charge in [-0.25, -0.2) is 16.8 Å². The van der Waals surface area contributed by atoms with E-state index in [1.807, 2.05) is 6.92 Å². The summed E-state index contributed by atoms with van der Waals surface area (Å²) in [5, 5.41) is 6.77. The monoisotopic (exact) mass is 284 g/mol. The summed E-state index contributed by atoms with van der Waals surface area (Å²) in [6.45, 7) is 1.87. The first-order valence-corrected chi connectivity index (χ1v) is 8.89. The summed E-state index contributed by atoms with van der Waals surface area (Å²) in [7, 11) is -6.96. The van der Waals surface area contributed by atoms with E-state index in [1.165, 1.54) is 0 Å². The lowest BCUT2D eigenvalue weighted by atomic mass is 10.4. The molecule has 16 heavy (non-hydrogen) atoms. The van der Waals surface area contributed by atoms with Crippen LogP contribution in [0.4, 0.5) is 0 Å². The van der Waals surface area contributed by atoms with Gasteiger partial charge in [-0.15, -0.1) is 10.2 Å². The van der Waals surface area contributed by atoms with Crippen LogP contribution in [0.1, 0.15) is 19.8 Å². The summed E-state index contributed by atoms with van der Waals surface area (Å²) in [5.74, 6) is -0.0259. The molecule has 0 fully saturated rings. The molecular weight excluding hydrogens is 272 g/mol. The molecule has 0 N–H and O–H groups in total. The van der Waals surface area contributed by atoms with Gasteiger partial charge in [-0.2, -0.15) is 0 Å². The molecule has 0 unspecified atom stereocenters. The van der Waals surface area contributed by atoms with E-state index in [-0.39, 0.29) is 14.4 Å². The molecule has 6 nitrogen and oxygen atoms in total. The van der Waals surface area contributed by atoms with Crippen molar-refractivity contribution < 1.29 is 16.8 Å². The van der Waals surface area contributed by atoms with Gasteiger partial charge in [0.25, 0.3) is 0 Å². The highest BCUT2D eigenvalue weighted by Crippen LogP contribution is 2.21. The van der Waals surface area contributed by atoms with E-state index in [4.69, 9.17) is 0 Å². The number of unbranched alkanes of at least 4 members (excludes halogenated alkanes) is 1. The number of hydrogen-bond acceptors (Lipinski definition) is 7. The van der Waals surface area contributed by atoms with Crippen molar-refractivity contribution in [1.82, 2.24) is 10.2 Å². The van der Waals surface area contributed by atoms with Crippen LogP contribution in [0.25, 0.3) is 0 Å². The Morgan fingerprint density at radius 3 is 2.12 bits per heavy atom. The number of hydrogen-bond donors (Lipinski definition) is 0. The lowest BCUT2D eigenvalue weighted by Gasteiger charge is -1.96. The largest absolute Gasteiger partial charge is 0.233 e. The highest BCUT2D eigenvalue weighted by molar-refractivity contribution is 7.95. The number of rotatable bonds is 5. The Kier molecular flexibility index (Phi) is 4.02. The van der Waals surface area contributed by atoms with E-state index in [0.717, 1.165) is 12.7 Å². The molecular formula is C7H12N2O4S3. The maximum absolute atomic E-state index is 11.6. The molecule has 0 aromatic carbocycles. The van der Waals surface area contributed by atoms with Crippen LogP contribution in [0.2, 0.25) is 0 Å². The van der Waals surface area contributed by atoms with Gasteiger partial charge in [0.05, 0.1) is 5.75 Å². The van der Waals surface area contributed by atoms with Crippen molar-refractivity contribution in [2.75, 3.05) is 12.0 Å². The quantitative estimate of drug-likeness (QED) is 0.782. The minimum Gasteiger partial charge on any atom is -0.221 e. The van der Waals surface area contributed by atoms with E-state index in [2.05, 4.69) is 10.2 Å². The molecule has 0 aliphatic rings. The second-order valence-corrected chi connectivity index (χ2v) is 8.73. The average Bonchev–Trinajstić information content (AvgIpc) is 2.63. The molecule has 1 aromatic heterocycles. The Balaban J connectivity index is 3.03. The maximum atomic E-state index is 11.6. The van der Waals surface area contributed by atoms with E-state index in [1.54, 1.807) is 0 Å². The molecule has 0 aliphatic heterocycles. The van der Waals surface area contributed by atoms with Crippen molar-refractivity contribution >= 4 is 31.0 Å². The second-order valence-electron chi connectivity index (χ2n) is 3.28. The molecule has 1 rings (SSSR count). The van der Waals surface area contributed by atoms with E-state index in [0.29, 0.717) is 17.8 Å². The van der Waals surface area contributed by atoms with Gasteiger partial charge >= 0.3 is 0 Å². The predicted molar refractivity (Wildman–Crippen MR) is 60.0 cm³/mol. The van der Waals surface area contributed by atoms with Crippen LogP contribution >= 0.6 is 11.3 Å². The summed E-state index contributed by atoms with van der Waals surface area (Å²) >= 11 is 0.599. The van der Waals surface area contributed by atoms with Crippen molar-refractivity contribution in [3.63, 3.8) is 0 Å². The molecule has 1 heterocycles. The van der Waals surface area contributed by atoms with Crippen molar-refractivity contribution in [1.29, 1.82) is 0 Å². The first kappa shape index (κ1) is 13.5. The fraction of sp³-hybridized carbons (Fsp3) is 0.714. The van der Waals surface area contributed by atoms with Gasteiger partial charge in [0.1, 0.15) is 0 Å². The average molecular weight is 284 g/mol. The van der Waals surface area contributed by atoms with E-state index in [9.17, 15) is 16.8 Å². The number of nitrogens with zero attached hydrogens (tertiary/aromatic N) is 2. The molecule has 0 atom stereocenters. The molecule has 0 saturated carbocycles. The van der Waals surface area contributed by atoms with Crippen molar-refractivity contribution in [2.45, 2.75) is 28.4 Å². The molecule has 0 aliphatic carbocycles. The van der Waals surface area contributed by atoms with Gasteiger partial charge in [-0.3, -0.25) is 0 Å². The molecule has 1 aromatic rings. The van der Waals surface area contributed by atoms with Crippen LogP contribution in [0.3, 0.4) is 0 Å². The minimum atomic E-state index is -3.48. The zero-order valence-corrected chi connectivity index (χ0v) is 11.3. The summed E-state index contributed by atoms with van der Waals surface area (Å²) in [6, 6.07) is 0. The first-order valence-electron chi connectivity index (χ1n) is 4.53. The van der Waals surface area contributed by atoms with Crippen LogP contribution in [0.5, 0.6) is 0 Å². The van der Waals surface area contributed by atoms with Crippen molar-refractivity contribution in [2.24, 2.45) is 0 Å². The summed E-state index contributed by atoms with van der Waals surface area (Å²) in [4.78, 5) is 0. The Morgan fingerprint density at radius 1 is 1.12 bits per heavy atom. The van der Waals surface area contributed by atoms with Gasteiger partial charge < -0.3 is 0 Å². The normalized spacial score (nSPS) is 12.9. The summed E-state index contributed by atoms with van der Waals surface area (Å²) in [6.07, 6.45) is 2.24. The summed E-state index contributed by atoms with van der Waals surface area (Å²) in [5.41, 5.74) is 0. The number of sulfone groups is 2. The molecule has 0 saturated heterocycles.